The molecule has 0 fully saturated rings. The monoisotopic (exact) mass is 491 g/mol. The molecule has 0 aliphatic heterocycles. The largest absolute Gasteiger partial charge is 0.456 e. The van der Waals surface area contributed by atoms with Gasteiger partial charge in [0.05, 0.1) is 21.9 Å². The van der Waals surface area contributed by atoms with Gasteiger partial charge in [0.2, 0.25) is 5.91 Å². The van der Waals surface area contributed by atoms with Crippen LogP contribution in [0.5, 0.6) is 0 Å². The van der Waals surface area contributed by atoms with Crippen molar-refractivity contribution in [2.24, 2.45) is 0 Å². The van der Waals surface area contributed by atoms with Gasteiger partial charge in [-0.2, -0.15) is 0 Å². The van der Waals surface area contributed by atoms with Gasteiger partial charge in [-0.15, -0.1) is 11.3 Å². The van der Waals surface area contributed by atoms with Crippen LogP contribution in [0.2, 0.25) is 5.02 Å². The Balaban J connectivity index is 1.47. The maximum atomic E-state index is 12.5. The molecule has 2 aromatic heterocycles. The topological polar surface area (TPSA) is 72.4 Å². The second-order valence-corrected chi connectivity index (χ2v) is 9.00. The van der Waals surface area contributed by atoms with Crippen LogP contribution in [0.25, 0.3) is 17.0 Å². The Hall–Kier alpha value is -3.55. The van der Waals surface area contributed by atoms with Gasteiger partial charge in [-0.25, -0.2) is 9.78 Å². The number of nitrogens with zero attached hydrogens (tertiary/aromatic N) is 3. The molecule has 0 saturated heterocycles. The number of amides is 1. The van der Waals surface area contributed by atoms with E-state index in [4.69, 9.17) is 16.3 Å². The van der Waals surface area contributed by atoms with Crippen molar-refractivity contribution in [3.63, 3.8) is 0 Å². The van der Waals surface area contributed by atoms with Crippen LogP contribution >= 0.6 is 22.9 Å². The highest BCUT2D eigenvalue weighted by Gasteiger charge is 2.22. The Morgan fingerprint density at radius 1 is 1.18 bits per heavy atom. The van der Waals surface area contributed by atoms with Crippen LogP contribution in [0.4, 0.5) is 10.8 Å². The first kappa shape index (κ1) is 23.6. The molecule has 0 spiro atoms. The molecule has 0 atom stereocenters. The zero-order valence-electron chi connectivity index (χ0n) is 18.9. The number of para-hydroxylation sites is 1. The first-order chi connectivity index (χ1) is 16.3. The molecule has 0 radical (unpaired) electrons. The van der Waals surface area contributed by atoms with Gasteiger partial charge in [-0.3, -0.25) is 14.7 Å². The Kier molecular flexibility index (Phi) is 7.05. The number of hydrogen-bond donors (Lipinski definition) is 0. The number of anilines is 2. The Labute approximate surface area is 206 Å². The van der Waals surface area contributed by atoms with Crippen molar-refractivity contribution < 1.29 is 14.3 Å². The first-order valence-electron chi connectivity index (χ1n) is 10.5. The van der Waals surface area contributed by atoms with Gasteiger partial charge in [0.1, 0.15) is 6.61 Å². The summed E-state index contributed by atoms with van der Waals surface area (Å²) in [6, 6.07) is 13.4. The third-order valence-corrected chi connectivity index (χ3v) is 6.26. The van der Waals surface area contributed by atoms with E-state index in [-0.39, 0.29) is 12.5 Å². The minimum atomic E-state index is -0.497. The van der Waals surface area contributed by atoms with Crippen LogP contribution in [-0.2, 0) is 20.9 Å². The molecule has 2 aromatic carbocycles. The summed E-state index contributed by atoms with van der Waals surface area (Å²) in [4.78, 5) is 35.1. The van der Waals surface area contributed by atoms with Gasteiger partial charge >= 0.3 is 5.97 Å². The van der Waals surface area contributed by atoms with E-state index in [9.17, 15) is 9.59 Å². The van der Waals surface area contributed by atoms with Gasteiger partial charge in [0.25, 0.3) is 0 Å². The summed E-state index contributed by atoms with van der Waals surface area (Å²) in [6.07, 6.45) is 4.77. The van der Waals surface area contributed by atoms with Crippen LogP contribution in [0.15, 0.2) is 60.1 Å². The standard InChI is InChI=1S/C26H22ClN3O3S/c1-16-12-17(2)25(22(27)13-16)30(18(3)31)26-29-21(15-34-26)14-33-23(32)10-9-20-7-4-6-19-8-5-11-28-24(19)20/h4-13,15H,14H2,1-3H3/b10-9+. The molecule has 0 unspecified atom stereocenters. The van der Waals surface area contributed by atoms with Crippen LogP contribution in [0.1, 0.15) is 29.3 Å². The molecule has 4 rings (SSSR count). The fourth-order valence-electron chi connectivity index (χ4n) is 3.66. The molecule has 0 aliphatic rings. The minimum absolute atomic E-state index is 0.0141. The number of hydrogen-bond acceptors (Lipinski definition) is 6. The average Bonchev–Trinajstić information content (AvgIpc) is 3.26. The number of aryl methyl sites for hydroxylation is 2. The lowest BCUT2D eigenvalue weighted by atomic mass is 10.1. The van der Waals surface area contributed by atoms with E-state index in [0.717, 1.165) is 27.6 Å². The van der Waals surface area contributed by atoms with Gasteiger partial charge < -0.3 is 4.74 Å². The van der Waals surface area contributed by atoms with Crippen LogP contribution < -0.4 is 4.90 Å². The lowest BCUT2D eigenvalue weighted by Crippen LogP contribution is -2.24. The summed E-state index contributed by atoms with van der Waals surface area (Å²) < 4.78 is 5.35. The highest BCUT2D eigenvalue weighted by atomic mass is 35.5. The maximum Gasteiger partial charge on any atom is 0.331 e. The summed E-state index contributed by atoms with van der Waals surface area (Å²) in [5.41, 5.74) is 4.66. The van der Waals surface area contributed by atoms with E-state index in [1.54, 1.807) is 17.7 Å². The molecule has 6 nitrogen and oxygen atoms in total. The van der Waals surface area contributed by atoms with Crippen molar-refractivity contribution in [2.45, 2.75) is 27.4 Å². The minimum Gasteiger partial charge on any atom is -0.456 e. The zero-order chi connectivity index (χ0) is 24.2. The average molecular weight is 492 g/mol. The van der Waals surface area contributed by atoms with Crippen LogP contribution in [0, 0.1) is 13.8 Å². The highest BCUT2D eigenvalue weighted by Crippen LogP contribution is 2.37. The molecule has 172 valence electrons. The van der Waals surface area contributed by atoms with Gasteiger partial charge in [0.15, 0.2) is 5.13 Å². The summed E-state index contributed by atoms with van der Waals surface area (Å²) in [6.45, 7) is 5.30. The van der Waals surface area contributed by atoms with E-state index >= 15 is 0 Å². The quantitative estimate of drug-likeness (QED) is 0.230. The number of fused-ring (bicyclic) bond motifs is 1. The number of carbonyl (C=O) groups excluding carboxylic acids is 2. The van der Waals surface area contributed by atoms with Crippen molar-refractivity contribution in [3.8, 4) is 0 Å². The molecule has 1 amide bonds. The van der Waals surface area contributed by atoms with Crippen molar-refractivity contribution in [2.75, 3.05) is 4.90 Å². The summed E-state index contributed by atoms with van der Waals surface area (Å²) >= 11 is 7.74. The van der Waals surface area contributed by atoms with Crippen molar-refractivity contribution in [1.82, 2.24) is 9.97 Å². The van der Waals surface area contributed by atoms with Gasteiger partial charge in [-0.05, 0) is 43.2 Å². The molecule has 0 aliphatic carbocycles. The van der Waals surface area contributed by atoms with Crippen molar-refractivity contribution in [3.05, 3.63) is 87.5 Å². The fraction of sp³-hybridized carbons (Fsp3) is 0.154. The third-order valence-electron chi connectivity index (χ3n) is 5.09. The fourth-order valence-corrected chi connectivity index (χ4v) is 4.92. The molecular weight excluding hydrogens is 470 g/mol. The zero-order valence-corrected chi connectivity index (χ0v) is 20.5. The molecular formula is C26H22ClN3O3S. The van der Waals surface area contributed by atoms with E-state index < -0.39 is 5.97 Å². The lowest BCUT2D eigenvalue weighted by Gasteiger charge is -2.22. The molecule has 34 heavy (non-hydrogen) atoms. The van der Waals surface area contributed by atoms with Gasteiger partial charge in [0, 0.05) is 35.5 Å². The number of rotatable bonds is 6. The number of esters is 1. The van der Waals surface area contributed by atoms with Crippen LogP contribution in [0.3, 0.4) is 0 Å². The van der Waals surface area contributed by atoms with E-state index in [0.29, 0.717) is 21.5 Å². The Morgan fingerprint density at radius 2 is 1.97 bits per heavy atom. The maximum absolute atomic E-state index is 12.5. The van der Waals surface area contributed by atoms with E-state index in [1.165, 1.54) is 29.2 Å². The summed E-state index contributed by atoms with van der Waals surface area (Å²) in [5, 5.41) is 3.69. The van der Waals surface area contributed by atoms with E-state index in [1.807, 2.05) is 56.3 Å². The number of halogens is 1. The highest BCUT2D eigenvalue weighted by molar-refractivity contribution is 7.14. The number of thiazole rings is 1. The predicted molar refractivity (Wildman–Crippen MR) is 136 cm³/mol. The smallest absolute Gasteiger partial charge is 0.331 e. The number of benzene rings is 2. The number of pyridine rings is 1. The molecule has 0 bridgehead atoms. The lowest BCUT2D eigenvalue weighted by molar-refractivity contribution is -0.139. The molecule has 2 heterocycles. The molecule has 4 aromatic rings. The van der Waals surface area contributed by atoms with Crippen molar-refractivity contribution in [1.29, 1.82) is 0 Å². The number of carbonyl (C=O) groups is 2. The summed E-state index contributed by atoms with van der Waals surface area (Å²) in [7, 11) is 0. The second-order valence-electron chi connectivity index (χ2n) is 7.75. The normalized spacial score (nSPS) is 11.2. The Morgan fingerprint density at radius 3 is 2.74 bits per heavy atom. The SMILES string of the molecule is CC(=O)N(c1nc(COC(=O)/C=C/c2cccc3cccnc23)cs1)c1c(C)cc(C)cc1Cl. The molecule has 0 saturated carbocycles. The second kappa shape index (κ2) is 10.2. The number of aromatic nitrogens is 2. The predicted octanol–water partition coefficient (Wildman–Crippen LogP) is 6.40. The number of ether oxygens (including phenoxy) is 1. The Bertz CT molecular complexity index is 1390. The van der Waals surface area contributed by atoms with E-state index in [2.05, 4.69) is 9.97 Å². The molecule has 8 heteroatoms. The summed E-state index contributed by atoms with van der Waals surface area (Å²) in [5.74, 6) is -0.707. The third kappa shape index (κ3) is 5.16. The van der Waals surface area contributed by atoms with Gasteiger partial charge in [-0.1, -0.05) is 41.9 Å². The van der Waals surface area contributed by atoms with Crippen LogP contribution in [-0.4, -0.2) is 21.8 Å². The first-order valence-corrected chi connectivity index (χ1v) is 11.8. The van der Waals surface area contributed by atoms with Crippen molar-refractivity contribution >= 4 is 62.6 Å². The molecule has 0 N–H and O–H groups in total.